The van der Waals surface area contributed by atoms with Gasteiger partial charge in [-0.15, -0.1) is 0 Å². The lowest BCUT2D eigenvalue weighted by molar-refractivity contribution is -0.197. The summed E-state index contributed by atoms with van der Waals surface area (Å²) < 4.78 is 37.9. The van der Waals surface area contributed by atoms with Crippen LogP contribution >= 0.6 is 0 Å². The molecule has 1 heterocycles. The molecule has 1 atom stereocenters. The van der Waals surface area contributed by atoms with E-state index < -0.39 is 12.2 Å². The number of nitrogens with zero attached hydrogens (tertiary/aromatic N) is 2. The zero-order chi connectivity index (χ0) is 11.6. The zero-order valence-corrected chi connectivity index (χ0v) is 8.84. The van der Waals surface area contributed by atoms with Crippen molar-refractivity contribution in [2.45, 2.75) is 26.1 Å². The summed E-state index contributed by atoms with van der Waals surface area (Å²) in [5, 5.41) is 0. The standard InChI is InChI=1S/C9H15F3N2O/c1-3-13-4-5-14(7(2)15)6-8(13)9(10,11)12/h8H,3-6H2,1-2H3. The first-order valence-corrected chi connectivity index (χ1v) is 4.92. The van der Waals surface area contributed by atoms with Crippen LogP contribution < -0.4 is 0 Å². The predicted octanol–water partition coefficient (Wildman–Crippen LogP) is 1.10. The molecule has 88 valence electrons. The van der Waals surface area contributed by atoms with E-state index in [1.807, 2.05) is 0 Å². The molecule has 1 saturated heterocycles. The summed E-state index contributed by atoms with van der Waals surface area (Å²) >= 11 is 0. The summed E-state index contributed by atoms with van der Waals surface area (Å²) in [6, 6.07) is -1.51. The van der Waals surface area contributed by atoms with Crippen molar-refractivity contribution >= 4 is 5.91 Å². The molecule has 0 aromatic carbocycles. The van der Waals surface area contributed by atoms with Crippen LogP contribution in [0.4, 0.5) is 13.2 Å². The van der Waals surface area contributed by atoms with Gasteiger partial charge < -0.3 is 4.90 Å². The third-order valence-corrected chi connectivity index (χ3v) is 2.72. The number of rotatable bonds is 1. The van der Waals surface area contributed by atoms with E-state index in [0.29, 0.717) is 19.6 Å². The number of halogens is 3. The van der Waals surface area contributed by atoms with E-state index in [1.54, 1.807) is 6.92 Å². The third-order valence-electron chi connectivity index (χ3n) is 2.72. The molecule has 15 heavy (non-hydrogen) atoms. The molecule has 0 aromatic heterocycles. The van der Waals surface area contributed by atoms with Crippen molar-refractivity contribution < 1.29 is 18.0 Å². The molecular formula is C9H15F3N2O. The van der Waals surface area contributed by atoms with Crippen molar-refractivity contribution in [2.24, 2.45) is 0 Å². The maximum Gasteiger partial charge on any atom is 0.405 e. The van der Waals surface area contributed by atoms with Crippen LogP contribution in [0.25, 0.3) is 0 Å². The number of carbonyl (C=O) groups is 1. The summed E-state index contributed by atoms with van der Waals surface area (Å²) in [6.07, 6.45) is -4.26. The molecule has 1 fully saturated rings. The lowest BCUT2D eigenvalue weighted by atomic mass is 10.1. The minimum atomic E-state index is -4.26. The van der Waals surface area contributed by atoms with Gasteiger partial charge in [-0.1, -0.05) is 6.92 Å². The molecule has 0 spiro atoms. The minimum Gasteiger partial charge on any atom is -0.340 e. The topological polar surface area (TPSA) is 23.6 Å². The van der Waals surface area contributed by atoms with Crippen molar-refractivity contribution in [2.75, 3.05) is 26.2 Å². The van der Waals surface area contributed by atoms with Crippen molar-refractivity contribution in [3.05, 3.63) is 0 Å². The largest absolute Gasteiger partial charge is 0.405 e. The first kappa shape index (κ1) is 12.3. The lowest BCUT2D eigenvalue weighted by Crippen LogP contribution is -2.59. The van der Waals surface area contributed by atoms with Crippen LogP contribution in [0.15, 0.2) is 0 Å². The highest BCUT2D eigenvalue weighted by atomic mass is 19.4. The van der Waals surface area contributed by atoms with Gasteiger partial charge in [-0.3, -0.25) is 9.69 Å². The molecule has 0 saturated carbocycles. The van der Waals surface area contributed by atoms with Crippen LogP contribution in [-0.4, -0.2) is 54.1 Å². The smallest absolute Gasteiger partial charge is 0.340 e. The van der Waals surface area contributed by atoms with Gasteiger partial charge in [-0.2, -0.15) is 13.2 Å². The number of alkyl halides is 3. The predicted molar refractivity (Wildman–Crippen MR) is 49.3 cm³/mol. The molecule has 0 aromatic rings. The average Bonchev–Trinajstić information content (AvgIpc) is 2.15. The number of piperazine rings is 1. The Hall–Kier alpha value is -0.780. The number of hydrogen-bond donors (Lipinski definition) is 0. The van der Waals surface area contributed by atoms with Crippen molar-refractivity contribution in [3.8, 4) is 0 Å². The van der Waals surface area contributed by atoms with E-state index in [0.717, 1.165) is 0 Å². The van der Waals surface area contributed by atoms with Gasteiger partial charge in [0.05, 0.1) is 0 Å². The molecule has 1 aliphatic rings. The second kappa shape index (κ2) is 4.38. The molecule has 0 bridgehead atoms. The first-order chi connectivity index (χ1) is 6.86. The number of likely N-dealkylation sites (N-methyl/N-ethyl adjacent to an activating group) is 1. The van der Waals surface area contributed by atoms with Crippen molar-refractivity contribution in [1.29, 1.82) is 0 Å². The van der Waals surface area contributed by atoms with Crippen LogP contribution in [0.1, 0.15) is 13.8 Å². The van der Waals surface area contributed by atoms with Crippen molar-refractivity contribution in [3.63, 3.8) is 0 Å². The Bertz CT molecular complexity index is 242. The Morgan fingerprint density at radius 3 is 2.40 bits per heavy atom. The van der Waals surface area contributed by atoms with E-state index in [-0.39, 0.29) is 12.5 Å². The highest BCUT2D eigenvalue weighted by Crippen LogP contribution is 2.27. The maximum absolute atomic E-state index is 12.6. The molecular weight excluding hydrogens is 209 g/mol. The van der Waals surface area contributed by atoms with Gasteiger partial charge in [0.15, 0.2) is 0 Å². The van der Waals surface area contributed by atoms with Gasteiger partial charge in [0.2, 0.25) is 5.91 Å². The highest BCUT2D eigenvalue weighted by molar-refractivity contribution is 5.73. The van der Waals surface area contributed by atoms with E-state index in [1.165, 1.54) is 16.7 Å². The fourth-order valence-electron chi connectivity index (χ4n) is 1.80. The second-order valence-electron chi connectivity index (χ2n) is 3.65. The summed E-state index contributed by atoms with van der Waals surface area (Å²) in [7, 11) is 0. The Kier molecular flexibility index (Phi) is 3.59. The molecule has 0 radical (unpaired) electrons. The Balaban J connectivity index is 2.74. The Labute approximate surface area is 86.8 Å². The number of amides is 1. The van der Waals surface area contributed by atoms with E-state index >= 15 is 0 Å². The van der Waals surface area contributed by atoms with E-state index in [2.05, 4.69) is 0 Å². The third kappa shape index (κ3) is 2.84. The van der Waals surface area contributed by atoms with Crippen LogP contribution in [0.2, 0.25) is 0 Å². The monoisotopic (exact) mass is 224 g/mol. The fourth-order valence-corrected chi connectivity index (χ4v) is 1.80. The summed E-state index contributed by atoms with van der Waals surface area (Å²) in [4.78, 5) is 13.6. The van der Waals surface area contributed by atoms with E-state index in [4.69, 9.17) is 0 Å². The summed E-state index contributed by atoms with van der Waals surface area (Å²) in [5.41, 5.74) is 0. The van der Waals surface area contributed by atoms with E-state index in [9.17, 15) is 18.0 Å². The quantitative estimate of drug-likeness (QED) is 0.666. The highest BCUT2D eigenvalue weighted by Gasteiger charge is 2.46. The minimum absolute atomic E-state index is 0.243. The average molecular weight is 224 g/mol. The molecule has 1 rings (SSSR count). The summed E-state index contributed by atoms with van der Waals surface area (Å²) in [5.74, 6) is -0.292. The van der Waals surface area contributed by atoms with Crippen molar-refractivity contribution in [1.82, 2.24) is 9.80 Å². The Morgan fingerprint density at radius 1 is 1.40 bits per heavy atom. The molecule has 0 aliphatic carbocycles. The molecule has 0 N–H and O–H groups in total. The van der Waals surface area contributed by atoms with Gasteiger partial charge in [0, 0.05) is 26.6 Å². The SMILES string of the molecule is CCN1CCN(C(C)=O)CC1C(F)(F)F. The molecule has 1 amide bonds. The zero-order valence-electron chi connectivity index (χ0n) is 8.84. The van der Waals surface area contributed by atoms with Gasteiger partial charge in [-0.25, -0.2) is 0 Å². The maximum atomic E-state index is 12.6. The van der Waals surface area contributed by atoms with Crippen LogP contribution in [0, 0.1) is 0 Å². The van der Waals surface area contributed by atoms with Crippen LogP contribution in [-0.2, 0) is 4.79 Å². The van der Waals surface area contributed by atoms with Gasteiger partial charge in [0.1, 0.15) is 6.04 Å². The molecule has 1 aliphatic heterocycles. The lowest BCUT2D eigenvalue weighted by Gasteiger charge is -2.41. The van der Waals surface area contributed by atoms with Crippen LogP contribution in [0.3, 0.4) is 0 Å². The molecule has 3 nitrogen and oxygen atoms in total. The normalized spacial score (nSPS) is 24.3. The van der Waals surface area contributed by atoms with Gasteiger partial charge >= 0.3 is 6.18 Å². The first-order valence-electron chi connectivity index (χ1n) is 4.92. The summed E-state index contributed by atoms with van der Waals surface area (Å²) in [6.45, 7) is 3.79. The second-order valence-corrected chi connectivity index (χ2v) is 3.65. The van der Waals surface area contributed by atoms with Crippen LogP contribution in [0.5, 0.6) is 0 Å². The fraction of sp³-hybridized carbons (Fsp3) is 0.889. The van der Waals surface area contributed by atoms with Gasteiger partial charge in [0.25, 0.3) is 0 Å². The Morgan fingerprint density at radius 2 is 2.00 bits per heavy atom. The molecule has 1 unspecified atom stereocenters. The number of hydrogen-bond acceptors (Lipinski definition) is 2. The molecule has 6 heteroatoms. The number of carbonyl (C=O) groups excluding carboxylic acids is 1. The van der Waals surface area contributed by atoms with Gasteiger partial charge in [-0.05, 0) is 6.54 Å².